The van der Waals surface area contributed by atoms with E-state index in [4.69, 9.17) is 9.47 Å². The van der Waals surface area contributed by atoms with Crippen molar-refractivity contribution in [3.8, 4) is 5.75 Å². The molecule has 0 saturated heterocycles. The maximum absolute atomic E-state index is 12.1. The monoisotopic (exact) mass is 416 g/mol. The van der Waals surface area contributed by atoms with Crippen LogP contribution in [0.5, 0.6) is 5.75 Å². The molecule has 0 unspecified atom stereocenters. The summed E-state index contributed by atoms with van der Waals surface area (Å²) < 4.78 is 10.2. The molecule has 0 fully saturated rings. The Bertz CT molecular complexity index is 812. The number of hydrogen-bond acceptors (Lipinski definition) is 6. The standard InChI is InChI=1S/C21H24N2O5S/c1-23(13-16-8-10-18(29-2)11-9-16)20(25)15-28-21(26)12-22-19(24)14-27-17-6-4-3-5-7-17/h3-11H,12-15H2,1-2H3,(H,22,24). The number of thioether (sulfide) groups is 1. The summed E-state index contributed by atoms with van der Waals surface area (Å²) in [4.78, 5) is 38.2. The smallest absolute Gasteiger partial charge is 0.325 e. The van der Waals surface area contributed by atoms with Crippen molar-refractivity contribution < 1.29 is 23.9 Å². The Balaban J connectivity index is 1.64. The largest absolute Gasteiger partial charge is 0.484 e. The summed E-state index contributed by atoms with van der Waals surface area (Å²) in [7, 11) is 1.64. The van der Waals surface area contributed by atoms with Crippen molar-refractivity contribution in [3.05, 3.63) is 60.2 Å². The van der Waals surface area contributed by atoms with Gasteiger partial charge in [0, 0.05) is 18.5 Å². The van der Waals surface area contributed by atoms with Gasteiger partial charge >= 0.3 is 5.97 Å². The molecule has 1 N–H and O–H groups in total. The highest BCUT2D eigenvalue weighted by molar-refractivity contribution is 7.98. The van der Waals surface area contributed by atoms with Crippen LogP contribution in [0, 0.1) is 0 Å². The minimum Gasteiger partial charge on any atom is -0.484 e. The van der Waals surface area contributed by atoms with E-state index < -0.39 is 11.9 Å². The van der Waals surface area contributed by atoms with E-state index in [0.29, 0.717) is 12.3 Å². The number of carbonyl (C=O) groups excluding carboxylic acids is 3. The first kappa shape index (κ1) is 22.3. The van der Waals surface area contributed by atoms with Crippen LogP contribution < -0.4 is 10.1 Å². The predicted octanol–water partition coefficient (Wildman–Crippen LogP) is 2.11. The Morgan fingerprint density at radius 3 is 2.34 bits per heavy atom. The maximum atomic E-state index is 12.1. The summed E-state index contributed by atoms with van der Waals surface area (Å²) in [6.07, 6.45) is 2.00. The Morgan fingerprint density at radius 1 is 1.00 bits per heavy atom. The Labute approximate surface area is 174 Å². The molecule has 8 heteroatoms. The quantitative estimate of drug-likeness (QED) is 0.472. The number of likely N-dealkylation sites (N-methyl/N-ethyl adjacent to an activating group) is 1. The average molecular weight is 416 g/mol. The molecule has 0 aromatic heterocycles. The number of benzene rings is 2. The van der Waals surface area contributed by atoms with E-state index in [1.165, 1.54) is 4.90 Å². The first-order valence-electron chi connectivity index (χ1n) is 8.95. The number of amides is 2. The summed E-state index contributed by atoms with van der Waals surface area (Å²) in [5, 5.41) is 2.39. The lowest BCUT2D eigenvalue weighted by Crippen LogP contribution is -2.36. The van der Waals surface area contributed by atoms with Gasteiger partial charge < -0.3 is 19.7 Å². The molecule has 154 valence electrons. The number of ether oxygens (including phenoxy) is 2. The zero-order valence-corrected chi connectivity index (χ0v) is 17.2. The maximum Gasteiger partial charge on any atom is 0.325 e. The van der Waals surface area contributed by atoms with Gasteiger partial charge in [0.25, 0.3) is 11.8 Å². The molecule has 0 bridgehead atoms. The van der Waals surface area contributed by atoms with E-state index in [1.807, 2.05) is 36.6 Å². The van der Waals surface area contributed by atoms with Crippen LogP contribution >= 0.6 is 11.8 Å². The molecule has 2 aromatic carbocycles. The molecule has 0 saturated carbocycles. The lowest BCUT2D eigenvalue weighted by atomic mass is 10.2. The second kappa shape index (κ2) is 11.8. The van der Waals surface area contributed by atoms with E-state index in [0.717, 1.165) is 10.5 Å². The minimum absolute atomic E-state index is 0.214. The van der Waals surface area contributed by atoms with Crippen LogP contribution in [0.1, 0.15) is 5.56 Å². The van der Waals surface area contributed by atoms with Gasteiger partial charge in [-0.05, 0) is 36.1 Å². The second-order valence-electron chi connectivity index (χ2n) is 6.14. The molecule has 2 aromatic rings. The molecule has 7 nitrogen and oxygen atoms in total. The summed E-state index contributed by atoms with van der Waals surface area (Å²) in [5.41, 5.74) is 0.982. The van der Waals surface area contributed by atoms with E-state index in [2.05, 4.69) is 5.32 Å². The molecular formula is C21H24N2O5S. The molecule has 0 spiro atoms. The fraction of sp³-hybridized carbons (Fsp3) is 0.286. The summed E-state index contributed by atoms with van der Waals surface area (Å²) in [5.74, 6) is -0.917. The summed E-state index contributed by atoms with van der Waals surface area (Å²) in [6.45, 7) is -0.508. The number of esters is 1. The lowest BCUT2D eigenvalue weighted by Gasteiger charge is -2.17. The van der Waals surface area contributed by atoms with E-state index in [9.17, 15) is 14.4 Å². The van der Waals surface area contributed by atoms with Crippen LogP contribution in [-0.2, 0) is 25.7 Å². The van der Waals surface area contributed by atoms with Crippen molar-refractivity contribution in [1.29, 1.82) is 0 Å². The van der Waals surface area contributed by atoms with Gasteiger partial charge in [0.2, 0.25) is 0 Å². The SMILES string of the molecule is CSc1ccc(CN(C)C(=O)COC(=O)CNC(=O)COc2ccccc2)cc1. The molecule has 2 amide bonds. The molecule has 0 atom stereocenters. The fourth-order valence-electron chi connectivity index (χ4n) is 2.28. The predicted molar refractivity (Wildman–Crippen MR) is 111 cm³/mol. The van der Waals surface area contributed by atoms with Crippen molar-refractivity contribution in [2.75, 3.05) is 33.1 Å². The van der Waals surface area contributed by atoms with Crippen molar-refractivity contribution in [3.63, 3.8) is 0 Å². The fourth-order valence-corrected chi connectivity index (χ4v) is 2.69. The zero-order valence-electron chi connectivity index (χ0n) is 16.4. The number of para-hydroxylation sites is 1. The normalized spacial score (nSPS) is 10.1. The van der Waals surface area contributed by atoms with Gasteiger partial charge in [-0.1, -0.05) is 30.3 Å². The molecular weight excluding hydrogens is 392 g/mol. The number of rotatable bonds is 10. The van der Waals surface area contributed by atoms with Gasteiger partial charge in [0.1, 0.15) is 12.3 Å². The van der Waals surface area contributed by atoms with Crippen LogP contribution in [0.15, 0.2) is 59.5 Å². The highest BCUT2D eigenvalue weighted by Gasteiger charge is 2.13. The van der Waals surface area contributed by atoms with Crippen LogP contribution in [0.3, 0.4) is 0 Å². The van der Waals surface area contributed by atoms with Gasteiger partial charge in [-0.3, -0.25) is 14.4 Å². The van der Waals surface area contributed by atoms with Crippen LogP contribution in [0.4, 0.5) is 0 Å². The average Bonchev–Trinajstić information content (AvgIpc) is 2.75. The third-order valence-electron chi connectivity index (χ3n) is 3.90. The van der Waals surface area contributed by atoms with Crippen molar-refractivity contribution in [2.24, 2.45) is 0 Å². The molecule has 0 radical (unpaired) electrons. The number of nitrogens with one attached hydrogen (secondary N) is 1. The van der Waals surface area contributed by atoms with E-state index in [1.54, 1.807) is 43.1 Å². The number of nitrogens with zero attached hydrogens (tertiary/aromatic N) is 1. The Kier molecular flexibility index (Phi) is 9.04. The van der Waals surface area contributed by atoms with Crippen LogP contribution in [-0.4, -0.2) is 55.7 Å². The third kappa shape index (κ3) is 8.27. The first-order chi connectivity index (χ1) is 14.0. The molecule has 0 aliphatic rings. The van der Waals surface area contributed by atoms with Crippen molar-refractivity contribution in [1.82, 2.24) is 10.2 Å². The molecule has 2 rings (SSSR count). The minimum atomic E-state index is -0.691. The summed E-state index contributed by atoms with van der Waals surface area (Å²) >= 11 is 1.65. The number of carbonyl (C=O) groups is 3. The van der Waals surface area contributed by atoms with Crippen molar-refractivity contribution >= 4 is 29.5 Å². The molecule has 0 heterocycles. The van der Waals surface area contributed by atoms with Gasteiger partial charge in [-0.15, -0.1) is 11.8 Å². The lowest BCUT2D eigenvalue weighted by molar-refractivity contribution is -0.151. The highest BCUT2D eigenvalue weighted by Crippen LogP contribution is 2.15. The Morgan fingerprint density at radius 2 is 1.69 bits per heavy atom. The molecule has 0 aliphatic heterocycles. The molecule has 0 aliphatic carbocycles. The van der Waals surface area contributed by atoms with Crippen LogP contribution in [0.2, 0.25) is 0 Å². The zero-order chi connectivity index (χ0) is 21.1. The van der Waals surface area contributed by atoms with Gasteiger partial charge in [0.05, 0.1) is 0 Å². The second-order valence-corrected chi connectivity index (χ2v) is 7.02. The van der Waals surface area contributed by atoms with E-state index >= 15 is 0 Å². The highest BCUT2D eigenvalue weighted by atomic mass is 32.2. The van der Waals surface area contributed by atoms with Crippen LogP contribution in [0.25, 0.3) is 0 Å². The topological polar surface area (TPSA) is 84.9 Å². The first-order valence-corrected chi connectivity index (χ1v) is 10.2. The van der Waals surface area contributed by atoms with Crippen molar-refractivity contribution in [2.45, 2.75) is 11.4 Å². The third-order valence-corrected chi connectivity index (χ3v) is 4.65. The molecule has 29 heavy (non-hydrogen) atoms. The van der Waals surface area contributed by atoms with E-state index in [-0.39, 0.29) is 25.7 Å². The van der Waals surface area contributed by atoms with Gasteiger partial charge in [0.15, 0.2) is 13.2 Å². The number of hydrogen-bond donors (Lipinski definition) is 1. The van der Waals surface area contributed by atoms with Gasteiger partial charge in [-0.25, -0.2) is 0 Å². The Hall–Kier alpha value is -3.00. The van der Waals surface area contributed by atoms with Gasteiger partial charge in [-0.2, -0.15) is 0 Å². The summed E-state index contributed by atoms with van der Waals surface area (Å²) in [6, 6.07) is 16.7.